The van der Waals surface area contributed by atoms with E-state index < -0.39 is 6.36 Å². The van der Waals surface area contributed by atoms with Crippen LogP contribution in [0.3, 0.4) is 0 Å². The fourth-order valence-electron chi connectivity index (χ4n) is 2.02. The molecule has 1 aromatic rings. The van der Waals surface area contributed by atoms with E-state index in [1.807, 2.05) is 12.2 Å². The highest BCUT2D eigenvalue weighted by atomic mass is 19.4. The number of halogens is 3. The minimum absolute atomic E-state index is 0.0777. The van der Waals surface area contributed by atoms with Crippen LogP contribution in [0.2, 0.25) is 0 Å². The number of alkyl halides is 3. The summed E-state index contributed by atoms with van der Waals surface area (Å²) in [7, 11) is 0. The first-order valence-electron chi connectivity index (χ1n) is 6.26. The molecule has 0 aliphatic heterocycles. The maximum Gasteiger partial charge on any atom is 0.573 e. The van der Waals surface area contributed by atoms with Crippen LogP contribution in [0.4, 0.5) is 18.9 Å². The highest BCUT2D eigenvalue weighted by molar-refractivity contribution is 5.92. The van der Waals surface area contributed by atoms with Gasteiger partial charge < -0.3 is 10.1 Å². The fraction of sp³-hybridized carbons (Fsp3) is 0.357. The van der Waals surface area contributed by atoms with Crippen LogP contribution >= 0.6 is 0 Å². The van der Waals surface area contributed by atoms with Crippen molar-refractivity contribution in [3.63, 3.8) is 0 Å². The number of carbonyl (C=O) groups excluding carboxylic acids is 1. The zero-order valence-corrected chi connectivity index (χ0v) is 10.6. The predicted molar refractivity (Wildman–Crippen MR) is 68.2 cm³/mol. The van der Waals surface area contributed by atoms with Crippen molar-refractivity contribution in [2.45, 2.75) is 25.6 Å². The maximum absolute atomic E-state index is 12.0. The molecule has 0 fully saturated rings. The van der Waals surface area contributed by atoms with Crippen molar-refractivity contribution >= 4 is 11.6 Å². The first-order valence-corrected chi connectivity index (χ1v) is 6.26. The van der Waals surface area contributed by atoms with Crippen LogP contribution in [-0.2, 0) is 4.79 Å². The van der Waals surface area contributed by atoms with Crippen molar-refractivity contribution in [3.05, 3.63) is 36.4 Å². The Morgan fingerprint density at radius 2 is 1.90 bits per heavy atom. The van der Waals surface area contributed by atoms with Gasteiger partial charge in [0.05, 0.1) is 0 Å². The van der Waals surface area contributed by atoms with Gasteiger partial charge in [0.25, 0.3) is 0 Å². The van der Waals surface area contributed by atoms with Crippen LogP contribution in [0.15, 0.2) is 36.4 Å². The van der Waals surface area contributed by atoms with Gasteiger partial charge in [0, 0.05) is 11.6 Å². The Bertz CT molecular complexity index is 494. The lowest BCUT2D eigenvalue weighted by molar-refractivity contribution is -0.274. The summed E-state index contributed by atoms with van der Waals surface area (Å²) < 4.78 is 39.7. The molecule has 0 spiro atoms. The van der Waals surface area contributed by atoms with Crippen molar-refractivity contribution in [2.75, 3.05) is 5.32 Å². The Balaban J connectivity index is 1.93. The smallest absolute Gasteiger partial charge is 0.406 e. The number of allylic oxidation sites excluding steroid dienone is 2. The van der Waals surface area contributed by atoms with E-state index in [9.17, 15) is 18.0 Å². The summed E-state index contributed by atoms with van der Waals surface area (Å²) in [6, 6.07) is 5.11. The molecule has 0 saturated carbocycles. The van der Waals surface area contributed by atoms with Crippen molar-refractivity contribution in [2.24, 2.45) is 5.92 Å². The van der Waals surface area contributed by atoms with Crippen LogP contribution in [0.5, 0.6) is 5.75 Å². The number of rotatable bonds is 3. The standard InChI is InChI=1S/C14H14F3NO2/c15-14(16,17)20-12-8-6-11(7-9-12)18-13(19)10-4-2-1-3-5-10/h1-2,6-10H,3-5H2,(H,18,19)/t10-/m1/s1. The molecule has 0 saturated heterocycles. The second-order valence-corrected chi connectivity index (χ2v) is 4.54. The molecule has 0 bridgehead atoms. The Morgan fingerprint density at radius 1 is 1.20 bits per heavy atom. The lowest BCUT2D eigenvalue weighted by Crippen LogP contribution is -2.23. The molecular weight excluding hydrogens is 271 g/mol. The summed E-state index contributed by atoms with van der Waals surface area (Å²) >= 11 is 0. The summed E-state index contributed by atoms with van der Waals surface area (Å²) in [5.41, 5.74) is 0.457. The topological polar surface area (TPSA) is 38.3 Å². The summed E-state index contributed by atoms with van der Waals surface area (Å²) in [6.45, 7) is 0. The fourth-order valence-corrected chi connectivity index (χ4v) is 2.02. The van der Waals surface area contributed by atoms with E-state index in [2.05, 4.69) is 10.1 Å². The van der Waals surface area contributed by atoms with E-state index in [0.717, 1.165) is 12.8 Å². The van der Waals surface area contributed by atoms with Crippen LogP contribution < -0.4 is 10.1 Å². The van der Waals surface area contributed by atoms with E-state index in [1.165, 1.54) is 24.3 Å². The largest absolute Gasteiger partial charge is 0.573 e. The Kier molecular flexibility index (Phi) is 4.32. The van der Waals surface area contributed by atoms with E-state index in [0.29, 0.717) is 12.1 Å². The Hall–Kier alpha value is -1.98. The molecule has 1 aliphatic carbocycles. The van der Waals surface area contributed by atoms with Crippen molar-refractivity contribution in [1.29, 1.82) is 0 Å². The average Bonchev–Trinajstić information content (AvgIpc) is 2.40. The molecule has 1 aliphatic rings. The monoisotopic (exact) mass is 285 g/mol. The van der Waals surface area contributed by atoms with Crippen LogP contribution in [0.25, 0.3) is 0 Å². The first-order chi connectivity index (χ1) is 9.44. The van der Waals surface area contributed by atoms with Gasteiger partial charge in [0.15, 0.2) is 0 Å². The Labute approximate surface area is 114 Å². The molecule has 1 aromatic carbocycles. The third-order valence-corrected chi connectivity index (χ3v) is 3.00. The summed E-state index contributed by atoms with van der Waals surface area (Å²) in [5.74, 6) is -0.499. The van der Waals surface area contributed by atoms with Gasteiger partial charge >= 0.3 is 6.36 Å². The summed E-state index contributed by atoms with van der Waals surface area (Å²) in [5, 5.41) is 2.69. The van der Waals surface area contributed by atoms with Gasteiger partial charge in [-0.3, -0.25) is 4.79 Å². The van der Waals surface area contributed by atoms with Crippen molar-refractivity contribution in [1.82, 2.24) is 0 Å². The average molecular weight is 285 g/mol. The number of carbonyl (C=O) groups is 1. The molecule has 3 nitrogen and oxygen atoms in total. The van der Waals surface area contributed by atoms with Gasteiger partial charge in [0.2, 0.25) is 5.91 Å². The van der Waals surface area contributed by atoms with Gasteiger partial charge in [-0.1, -0.05) is 12.2 Å². The minimum Gasteiger partial charge on any atom is -0.406 e. The molecule has 6 heteroatoms. The highest BCUT2D eigenvalue weighted by Crippen LogP contribution is 2.25. The Morgan fingerprint density at radius 3 is 2.45 bits per heavy atom. The third-order valence-electron chi connectivity index (χ3n) is 3.00. The summed E-state index contributed by atoms with van der Waals surface area (Å²) in [4.78, 5) is 11.9. The SMILES string of the molecule is O=C(Nc1ccc(OC(F)(F)F)cc1)[C@@H]1CC=CCC1. The molecule has 108 valence electrons. The molecule has 2 rings (SSSR count). The lowest BCUT2D eigenvalue weighted by Gasteiger charge is -2.17. The molecule has 0 unspecified atom stereocenters. The molecule has 20 heavy (non-hydrogen) atoms. The molecule has 0 radical (unpaired) electrons. The van der Waals surface area contributed by atoms with Gasteiger partial charge in [-0.25, -0.2) is 0 Å². The number of benzene rings is 1. The van der Waals surface area contributed by atoms with Gasteiger partial charge in [0.1, 0.15) is 5.75 Å². The first kappa shape index (κ1) is 14.4. The number of amides is 1. The third kappa shape index (κ3) is 4.29. The second kappa shape index (κ2) is 5.98. The zero-order valence-electron chi connectivity index (χ0n) is 10.6. The highest BCUT2D eigenvalue weighted by Gasteiger charge is 2.31. The lowest BCUT2D eigenvalue weighted by atomic mass is 9.93. The molecule has 0 aromatic heterocycles. The number of anilines is 1. The van der Waals surface area contributed by atoms with Gasteiger partial charge in [-0.15, -0.1) is 13.2 Å². The van der Waals surface area contributed by atoms with Crippen molar-refractivity contribution < 1.29 is 22.7 Å². The molecule has 1 atom stereocenters. The normalized spacial score (nSPS) is 18.6. The predicted octanol–water partition coefficient (Wildman–Crippen LogP) is 3.88. The number of ether oxygens (including phenoxy) is 1. The van der Waals surface area contributed by atoms with E-state index >= 15 is 0 Å². The van der Waals surface area contributed by atoms with Crippen LogP contribution in [0.1, 0.15) is 19.3 Å². The maximum atomic E-state index is 12.0. The number of hydrogen-bond acceptors (Lipinski definition) is 2. The van der Waals surface area contributed by atoms with Crippen LogP contribution in [-0.4, -0.2) is 12.3 Å². The number of nitrogens with one attached hydrogen (secondary N) is 1. The molecule has 0 heterocycles. The number of hydrogen-bond donors (Lipinski definition) is 1. The minimum atomic E-state index is -4.71. The molecule has 1 N–H and O–H groups in total. The van der Waals surface area contributed by atoms with Gasteiger partial charge in [-0.05, 0) is 43.5 Å². The van der Waals surface area contributed by atoms with Crippen molar-refractivity contribution in [3.8, 4) is 5.75 Å². The zero-order chi connectivity index (χ0) is 14.6. The molecule has 1 amide bonds. The van der Waals surface area contributed by atoms with E-state index in [-0.39, 0.29) is 17.6 Å². The van der Waals surface area contributed by atoms with E-state index in [4.69, 9.17) is 0 Å². The van der Waals surface area contributed by atoms with E-state index in [1.54, 1.807) is 0 Å². The molecular formula is C14H14F3NO2. The second-order valence-electron chi connectivity index (χ2n) is 4.54. The van der Waals surface area contributed by atoms with Crippen LogP contribution in [0, 0.1) is 5.92 Å². The van der Waals surface area contributed by atoms with Gasteiger partial charge in [-0.2, -0.15) is 0 Å². The summed E-state index contributed by atoms with van der Waals surface area (Å²) in [6.07, 6.45) is 1.65. The quantitative estimate of drug-likeness (QED) is 0.856.